The van der Waals surface area contributed by atoms with Gasteiger partial charge in [-0.1, -0.05) is 60.7 Å². The lowest BCUT2D eigenvalue weighted by atomic mass is 9.89. The molecule has 0 saturated heterocycles. The Morgan fingerprint density at radius 1 is 1.10 bits per heavy atom. The van der Waals surface area contributed by atoms with Gasteiger partial charge in [0.25, 0.3) is 0 Å². The van der Waals surface area contributed by atoms with Gasteiger partial charge in [-0.15, -0.1) is 6.58 Å². The van der Waals surface area contributed by atoms with Gasteiger partial charge in [0.15, 0.2) is 0 Å². The van der Waals surface area contributed by atoms with Gasteiger partial charge in [-0.3, -0.25) is 0 Å². The monoisotopic (exact) mass is 276 g/mol. The average Bonchev–Trinajstić information content (AvgIpc) is 2.56. The van der Waals surface area contributed by atoms with Crippen LogP contribution < -0.4 is 5.32 Å². The number of nitrogens with one attached hydrogen (secondary N) is 1. The van der Waals surface area contributed by atoms with Gasteiger partial charge in [-0.05, 0) is 29.7 Å². The Morgan fingerprint density at radius 3 is 2.52 bits per heavy atom. The minimum Gasteiger partial charge on any atom is -0.313 e. The summed E-state index contributed by atoms with van der Waals surface area (Å²) >= 11 is 0. The van der Waals surface area contributed by atoms with Gasteiger partial charge < -0.3 is 5.32 Å². The molecule has 0 fully saturated rings. The van der Waals surface area contributed by atoms with Gasteiger partial charge in [-0.2, -0.15) is 5.26 Å². The van der Waals surface area contributed by atoms with Gasteiger partial charge in [0.05, 0.1) is 12.0 Å². The smallest absolute Gasteiger partial charge is 0.0730 e. The van der Waals surface area contributed by atoms with Gasteiger partial charge in [0.2, 0.25) is 0 Å². The van der Waals surface area contributed by atoms with Gasteiger partial charge in [0, 0.05) is 6.54 Å². The fraction of sp³-hybridized carbons (Fsp3) is 0.211. The van der Waals surface area contributed by atoms with Crippen LogP contribution >= 0.6 is 0 Å². The summed E-state index contributed by atoms with van der Waals surface area (Å²) in [5.74, 6) is -0.0984. The summed E-state index contributed by atoms with van der Waals surface area (Å²) in [5, 5.41) is 12.8. The molecule has 2 aromatic rings. The van der Waals surface area contributed by atoms with Gasteiger partial charge in [-0.25, -0.2) is 0 Å². The van der Waals surface area contributed by atoms with Crippen molar-refractivity contribution in [1.29, 1.82) is 5.26 Å². The van der Waals surface area contributed by atoms with E-state index in [2.05, 4.69) is 42.2 Å². The summed E-state index contributed by atoms with van der Waals surface area (Å²) in [6.45, 7) is 5.27. The SMILES string of the molecule is C=CCNCCC(C#N)c1ccccc1-c1ccccc1. The first-order valence-electron chi connectivity index (χ1n) is 7.22. The highest BCUT2D eigenvalue weighted by molar-refractivity contribution is 5.68. The van der Waals surface area contributed by atoms with Crippen molar-refractivity contribution in [3.05, 3.63) is 72.8 Å². The van der Waals surface area contributed by atoms with Crippen LogP contribution in [0.2, 0.25) is 0 Å². The van der Waals surface area contributed by atoms with E-state index in [4.69, 9.17) is 0 Å². The second kappa shape index (κ2) is 8.04. The zero-order valence-electron chi connectivity index (χ0n) is 12.1. The third kappa shape index (κ3) is 4.05. The number of benzene rings is 2. The molecule has 0 amide bonds. The first-order chi connectivity index (χ1) is 10.4. The van der Waals surface area contributed by atoms with Crippen molar-refractivity contribution in [1.82, 2.24) is 5.32 Å². The number of rotatable bonds is 7. The van der Waals surface area contributed by atoms with E-state index in [0.29, 0.717) is 0 Å². The highest BCUT2D eigenvalue weighted by atomic mass is 14.8. The topological polar surface area (TPSA) is 35.8 Å². The highest BCUT2D eigenvalue weighted by Gasteiger charge is 2.14. The molecule has 106 valence electrons. The van der Waals surface area contributed by atoms with Crippen molar-refractivity contribution in [3.63, 3.8) is 0 Å². The Balaban J connectivity index is 2.22. The average molecular weight is 276 g/mol. The van der Waals surface area contributed by atoms with Crippen molar-refractivity contribution < 1.29 is 0 Å². The molecule has 2 aromatic carbocycles. The van der Waals surface area contributed by atoms with Crippen LogP contribution in [0.4, 0.5) is 0 Å². The van der Waals surface area contributed by atoms with Crippen LogP contribution in [0.5, 0.6) is 0 Å². The highest BCUT2D eigenvalue weighted by Crippen LogP contribution is 2.30. The largest absolute Gasteiger partial charge is 0.313 e. The summed E-state index contributed by atoms with van der Waals surface area (Å²) in [6, 6.07) is 20.8. The van der Waals surface area contributed by atoms with Gasteiger partial charge >= 0.3 is 0 Å². The van der Waals surface area contributed by atoms with Crippen molar-refractivity contribution in [3.8, 4) is 17.2 Å². The molecule has 2 rings (SSSR count). The molecule has 0 saturated carbocycles. The molecule has 0 heterocycles. The number of nitriles is 1. The molecule has 0 radical (unpaired) electrons. The van der Waals surface area contributed by atoms with Crippen LogP contribution in [0.1, 0.15) is 17.9 Å². The first kappa shape index (κ1) is 15.0. The van der Waals surface area contributed by atoms with E-state index < -0.39 is 0 Å². The third-order valence-corrected chi connectivity index (χ3v) is 3.48. The van der Waals surface area contributed by atoms with Crippen LogP contribution in [-0.4, -0.2) is 13.1 Å². The van der Waals surface area contributed by atoms with Crippen molar-refractivity contribution >= 4 is 0 Å². The second-order valence-corrected chi connectivity index (χ2v) is 4.92. The zero-order valence-corrected chi connectivity index (χ0v) is 12.1. The number of hydrogen-bond donors (Lipinski definition) is 1. The summed E-state index contributed by atoms with van der Waals surface area (Å²) < 4.78 is 0. The normalized spacial score (nSPS) is 11.6. The molecule has 21 heavy (non-hydrogen) atoms. The molecule has 1 atom stereocenters. The van der Waals surface area contributed by atoms with Crippen LogP contribution in [-0.2, 0) is 0 Å². The Bertz CT molecular complexity index is 611. The standard InChI is InChI=1S/C19H20N2/c1-2-13-21-14-12-17(15-20)19-11-7-6-10-18(19)16-8-4-3-5-9-16/h2-11,17,21H,1,12-14H2. The van der Waals surface area contributed by atoms with E-state index in [-0.39, 0.29) is 5.92 Å². The maximum absolute atomic E-state index is 9.51. The summed E-state index contributed by atoms with van der Waals surface area (Å²) in [7, 11) is 0. The fourth-order valence-electron chi connectivity index (χ4n) is 2.42. The minimum atomic E-state index is -0.0984. The maximum atomic E-state index is 9.51. The molecule has 0 bridgehead atoms. The van der Waals surface area contributed by atoms with Crippen LogP contribution in [0, 0.1) is 11.3 Å². The predicted octanol–water partition coefficient (Wildman–Crippen LogP) is 4.13. The van der Waals surface area contributed by atoms with Crippen molar-refractivity contribution in [2.45, 2.75) is 12.3 Å². The van der Waals surface area contributed by atoms with Crippen LogP contribution in [0.3, 0.4) is 0 Å². The molecule has 0 spiro atoms. The summed E-state index contributed by atoms with van der Waals surface area (Å²) in [4.78, 5) is 0. The number of hydrogen-bond acceptors (Lipinski definition) is 2. The van der Waals surface area contributed by atoms with E-state index in [0.717, 1.165) is 36.2 Å². The fourth-order valence-corrected chi connectivity index (χ4v) is 2.42. The quantitative estimate of drug-likeness (QED) is 0.610. The van der Waals surface area contributed by atoms with Gasteiger partial charge in [0.1, 0.15) is 0 Å². The molecule has 0 aliphatic rings. The first-order valence-corrected chi connectivity index (χ1v) is 7.22. The Morgan fingerprint density at radius 2 is 1.81 bits per heavy atom. The lowest BCUT2D eigenvalue weighted by Crippen LogP contribution is -2.17. The van der Waals surface area contributed by atoms with Crippen molar-refractivity contribution in [2.24, 2.45) is 0 Å². The molecule has 1 N–H and O–H groups in total. The van der Waals surface area contributed by atoms with E-state index in [1.165, 1.54) is 0 Å². The van der Waals surface area contributed by atoms with Crippen LogP contribution in [0.15, 0.2) is 67.3 Å². The molecule has 0 aromatic heterocycles. The Labute approximate surface area is 126 Å². The van der Waals surface area contributed by atoms with Crippen molar-refractivity contribution in [2.75, 3.05) is 13.1 Å². The molecule has 2 heteroatoms. The maximum Gasteiger partial charge on any atom is 0.0730 e. The van der Waals surface area contributed by atoms with E-state index in [1.807, 2.05) is 36.4 Å². The van der Waals surface area contributed by atoms with Crippen LogP contribution in [0.25, 0.3) is 11.1 Å². The Hall–Kier alpha value is -2.37. The molecule has 0 aliphatic heterocycles. The summed E-state index contributed by atoms with van der Waals surface area (Å²) in [6.07, 6.45) is 2.63. The number of nitrogens with zero attached hydrogens (tertiary/aromatic N) is 1. The molecule has 0 aliphatic carbocycles. The zero-order chi connectivity index (χ0) is 14.9. The molecular formula is C19H20N2. The lowest BCUT2D eigenvalue weighted by molar-refractivity contribution is 0.659. The molecule has 1 unspecified atom stereocenters. The Kier molecular flexibility index (Phi) is 5.75. The summed E-state index contributed by atoms with van der Waals surface area (Å²) in [5.41, 5.74) is 3.41. The lowest BCUT2D eigenvalue weighted by Gasteiger charge is -2.15. The minimum absolute atomic E-state index is 0.0984. The predicted molar refractivity (Wildman–Crippen MR) is 87.9 cm³/mol. The molecular weight excluding hydrogens is 256 g/mol. The second-order valence-electron chi connectivity index (χ2n) is 4.92. The van der Waals surface area contributed by atoms with E-state index in [1.54, 1.807) is 0 Å². The third-order valence-electron chi connectivity index (χ3n) is 3.48. The van der Waals surface area contributed by atoms with E-state index in [9.17, 15) is 5.26 Å². The molecule has 2 nitrogen and oxygen atoms in total. The van der Waals surface area contributed by atoms with E-state index >= 15 is 0 Å².